The van der Waals surface area contributed by atoms with Gasteiger partial charge >= 0.3 is 0 Å². The highest BCUT2D eigenvalue weighted by Gasteiger charge is 2.21. The molecule has 1 amide bonds. The van der Waals surface area contributed by atoms with Crippen molar-refractivity contribution < 1.29 is 9.53 Å². The quantitative estimate of drug-likeness (QED) is 0.746. The van der Waals surface area contributed by atoms with Crippen molar-refractivity contribution in [2.75, 3.05) is 13.2 Å². The molecule has 0 aliphatic carbocycles. The van der Waals surface area contributed by atoms with Crippen molar-refractivity contribution in [2.45, 2.75) is 38.7 Å². The number of carbonyl (C=O) groups excluding carboxylic acids is 1. The third-order valence-electron chi connectivity index (χ3n) is 4.54. The number of nitrogens with zero attached hydrogens (tertiary/aromatic N) is 3. The number of ether oxygens (including phenoxy) is 1. The van der Waals surface area contributed by atoms with E-state index in [1.54, 1.807) is 16.0 Å². The number of fused-ring (bicyclic) bond motifs is 1. The molecule has 1 atom stereocenters. The lowest BCUT2D eigenvalue weighted by atomic mass is 10.1. The lowest BCUT2D eigenvalue weighted by Gasteiger charge is -2.09. The normalized spacial score (nSPS) is 17.3. The first kappa shape index (κ1) is 17.2. The SMILES string of the molecule is CC(C)c1cc(C(=O)NCC2CCCO2)nn1-c1nc2ccccc2s1. The molecule has 6 nitrogen and oxygen atoms in total. The highest BCUT2D eigenvalue weighted by atomic mass is 32.1. The van der Waals surface area contributed by atoms with Crippen molar-refractivity contribution in [3.8, 4) is 5.13 Å². The molecule has 1 N–H and O–H groups in total. The Morgan fingerprint density at radius 1 is 1.42 bits per heavy atom. The minimum Gasteiger partial charge on any atom is -0.376 e. The molecule has 1 saturated heterocycles. The van der Waals surface area contributed by atoms with Crippen molar-refractivity contribution >= 4 is 27.5 Å². The molecular weight excluding hydrogens is 348 g/mol. The molecule has 0 bridgehead atoms. The van der Waals surface area contributed by atoms with Crippen LogP contribution in [-0.2, 0) is 4.74 Å². The van der Waals surface area contributed by atoms with Crippen LogP contribution in [0, 0.1) is 0 Å². The van der Waals surface area contributed by atoms with Gasteiger partial charge in [-0.05, 0) is 37.0 Å². The van der Waals surface area contributed by atoms with Crippen molar-refractivity contribution in [2.24, 2.45) is 0 Å². The fourth-order valence-corrected chi connectivity index (χ4v) is 4.06. The number of thiazole rings is 1. The van der Waals surface area contributed by atoms with E-state index in [1.807, 2.05) is 30.3 Å². The van der Waals surface area contributed by atoms with Crippen molar-refractivity contribution in [3.63, 3.8) is 0 Å². The molecule has 3 heterocycles. The van der Waals surface area contributed by atoms with Crippen LogP contribution in [0.2, 0.25) is 0 Å². The van der Waals surface area contributed by atoms with Crippen LogP contribution in [0.4, 0.5) is 0 Å². The predicted octanol–water partition coefficient (Wildman–Crippen LogP) is 3.51. The zero-order valence-corrected chi connectivity index (χ0v) is 15.8. The minimum absolute atomic E-state index is 0.120. The number of aromatic nitrogens is 3. The molecule has 26 heavy (non-hydrogen) atoms. The third kappa shape index (κ3) is 3.37. The number of hydrogen-bond acceptors (Lipinski definition) is 5. The van der Waals surface area contributed by atoms with Gasteiger partial charge in [0.25, 0.3) is 5.91 Å². The van der Waals surface area contributed by atoms with E-state index >= 15 is 0 Å². The lowest BCUT2D eigenvalue weighted by Crippen LogP contribution is -2.32. The van der Waals surface area contributed by atoms with E-state index in [0.29, 0.717) is 12.2 Å². The standard InChI is InChI=1S/C19H22N4O2S/c1-12(2)16-10-15(18(24)20-11-13-6-5-9-25-13)22-23(16)19-21-14-7-3-4-8-17(14)26-19/h3-4,7-8,10,12-13H,5-6,9,11H2,1-2H3,(H,20,24). The number of amides is 1. The van der Waals surface area contributed by atoms with Crippen LogP contribution in [0.1, 0.15) is 48.8 Å². The predicted molar refractivity (Wildman–Crippen MR) is 102 cm³/mol. The largest absolute Gasteiger partial charge is 0.376 e. The third-order valence-corrected chi connectivity index (χ3v) is 5.55. The molecule has 2 aromatic heterocycles. The summed E-state index contributed by atoms with van der Waals surface area (Å²) >= 11 is 1.58. The Morgan fingerprint density at radius 2 is 2.27 bits per heavy atom. The fraction of sp³-hybridized carbons (Fsp3) is 0.421. The maximum Gasteiger partial charge on any atom is 0.271 e. The summed E-state index contributed by atoms with van der Waals surface area (Å²) < 4.78 is 8.47. The molecule has 0 radical (unpaired) electrons. The maximum atomic E-state index is 12.5. The van der Waals surface area contributed by atoms with Gasteiger partial charge < -0.3 is 10.1 Å². The van der Waals surface area contributed by atoms with Gasteiger partial charge in [-0.1, -0.05) is 37.3 Å². The van der Waals surface area contributed by atoms with Crippen LogP contribution in [0.3, 0.4) is 0 Å². The monoisotopic (exact) mass is 370 g/mol. The summed E-state index contributed by atoms with van der Waals surface area (Å²) in [5, 5.41) is 8.28. The van der Waals surface area contributed by atoms with E-state index in [-0.39, 0.29) is 17.9 Å². The highest BCUT2D eigenvalue weighted by Crippen LogP contribution is 2.27. The van der Waals surface area contributed by atoms with Gasteiger partial charge in [0.1, 0.15) is 0 Å². The van der Waals surface area contributed by atoms with E-state index in [0.717, 1.165) is 40.5 Å². The highest BCUT2D eigenvalue weighted by molar-refractivity contribution is 7.20. The summed E-state index contributed by atoms with van der Waals surface area (Å²) in [6.45, 7) is 5.50. The molecule has 7 heteroatoms. The minimum atomic E-state index is -0.165. The lowest BCUT2D eigenvalue weighted by molar-refractivity contribution is 0.0853. The smallest absolute Gasteiger partial charge is 0.271 e. The summed E-state index contributed by atoms with van der Waals surface area (Å²) in [7, 11) is 0. The second-order valence-electron chi connectivity index (χ2n) is 6.83. The van der Waals surface area contributed by atoms with Crippen molar-refractivity contribution in [3.05, 3.63) is 41.7 Å². The van der Waals surface area contributed by atoms with E-state index in [2.05, 4.69) is 29.2 Å². The van der Waals surface area contributed by atoms with Crippen LogP contribution >= 0.6 is 11.3 Å². The average molecular weight is 370 g/mol. The van der Waals surface area contributed by atoms with E-state index < -0.39 is 0 Å². The van der Waals surface area contributed by atoms with Gasteiger partial charge in [-0.25, -0.2) is 9.67 Å². The second-order valence-corrected chi connectivity index (χ2v) is 7.84. The van der Waals surface area contributed by atoms with E-state index in [1.165, 1.54) is 0 Å². The van der Waals surface area contributed by atoms with Gasteiger partial charge in [0.15, 0.2) is 5.69 Å². The maximum absolute atomic E-state index is 12.5. The van der Waals surface area contributed by atoms with Gasteiger partial charge in [0.2, 0.25) is 5.13 Å². The Labute approximate surface area is 156 Å². The molecule has 1 aromatic carbocycles. The summed E-state index contributed by atoms with van der Waals surface area (Å²) in [4.78, 5) is 17.2. The number of benzene rings is 1. The van der Waals surface area contributed by atoms with Crippen LogP contribution < -0.4 is 5.32 Å². The molecule has 1 fully saturated rings. The zero-order chi connectivity index (χ0) is 18.1. The number of hydrogen-bond donors (Lipinski definition) is 1. The number of carbonyl (C=O) groups is 1. The Bertz CT molecular complexity index is 892. The summed E-state index contributed by atoms with van der Waals surface area (Å²) in [5.74, 6) is 0.0662. The number of nitrogens with one attached hydrogen (secondary N) is 1. The first-order chi connectivity index (χ1) is 12.6. The Kier molecular flexibility index (Phi) is 4.74. The molecule has 0 saturated carbocycles. The summed E-state index contributed by atoms with van der Waals surface area (Å²) in [6, 6.07) is 9.87. The molecular formula is C19H22N4O2S. The molecule has 1 aliphatic heterocycles. The Balaban J connectivity index is 1.61. The molecule has 3 aromatic rings. The molecule has 4 rings (SSSR count). The topological polar surface area (TPSA) is 69.0 Å². The summed E-state index contributed by atoms with van der Waals surface area (Å²) in [5.41, 5.74) is 2.35. The number of rotatable bonds is 5. The zero-order valence-electron chi connectivity index (χ0n) is 14.9. The van der Waals surface area contributed by atoms with Gasteiger partial charge in [-0.3, -0.25) is 4.79 Å². The molecule has 1 aliphatic rings. The number of para-hydroxylation sites is 1. The first-order valence-electron chi connectivity index (χ1n) is 8.97. The molecule has 136 valence electrons. The Hall–Kier alpha value is -2.25. The average Bonchev–Trinajstić information content (AvgIpc) is 3.37. The van der Waals surface area contributed by atoms with Crippen LogP contribution in [0.5, 0.6) is 0 Å². The van der Waals surface area contributed by atoms with Gasteiger partial charge in [0.05, 0.1) is 22.0 Å². The van der Waals surface area contributed by atoms with E-state index in [4.69, 9.17) is 4.74 Å². The first-order valence-corrected chi connectivity index (χ1v) is 9.79. The molecule has 1 unspecified atom stereocenters. The van der Waals surface area contributed by atoms with Gasteiger partial charge in [-0.2, -0.15) is 5.10 Å². The van der Waals surface area contributed by atoms with Gasteiger partial charge in [-0.15, -0.1) is 0 Å². The fourth-order valence-electron chi connectivity index (χ4n) is 3.12. The van der Waals surface area contributed by atoms with Crippen LogP contribution in [0.15, 0.2) is 30.3 Å². The van der Waals surface area contributed by atoms with Crippen LogP contribution in [0.25, 0.3) is 15.3 Å². The summed E-state index contributed by atoms with van der Waals surface area (Å²) in [6.07, 6.45) is 2.18. The molecule has 0 spiro atoms. The second kappa shape index (κ2) is 7.17. The van der Waals surface area contributed by atoms with Crippen molar-refractivity contribution in [1.29, 1.82) is 0 Å². The van der Waals surface area contributed by atoms with Crippen molar-refractivity contribution in [1.82, 2.24) is 20.1 Å². The Morgan fingerprint density at radius 3 is 3.00 bits per heavy atom. The van der Waals surface area contributed by atoms with E-state index in [9.17, 15) is 4.79 Å². The van der Waals surface area contributed by atoms with Gasteiger partial charge in [0, 0.05) is 13.2 Å². The van der Waals surface area contributed by atoms with Crippen LogP contribution in [-0.4, -0.2) is 39.9 Å².